The van der Waals surface area contributed by atoms with Gasteiger partial charge in [0.1, 0.15) is 18.6 Å². The van der Waals surface area contributed by atoms with E-state index in [0.717, 1.165) is 0 Å². The monoisotopic (exact) mass is 258 g/mol. The number of nitrogens with two attached hydrogens (primary N) is 1. The van der Waals surface area contributed by atoms with E-state index in [0.29, 0.717) is 19.0 Å². The minimum Gasteiger partial charge on any atom is -0.465 e. The standard InChI is InChI=1S/C10H15ClN4O2/c1-3-15(5-7(16)17-4-2)10-8(12)9(11)13-6-14-10/h6H,3-5,12H2,1-2H3. The lowest BCUT2D eigenvalue weighted by Crippen LogP contribution is -2.32. The quantitative estimate of drug-likeness (QED) is 0.629. The van der Waals surface area contributed by atoms with Gasteiger partial charge in [-0.3, -0.25) is 4.79 Å². The highest BCUT2D eigenvalue weighted by atomic mass is 35.5. The van der Waals surface area contributed by atoms with Gasteiger partial charge in [0.25, 0.3) is 0 Å². The second-order valence-electron chi connectivity index (χ2n) is 3.22. The number of nitrogens with zero attached hydrogens (tertiary/aromatic N) is 3. The Kier molecular flexibility index (Phi) is 4.96. The van der Waals surface area contributed by atoms with Gasteiger partial charge in [-0.2, -0.15) is 0 Å². The number of esters is 1. The van der Waals surface area contributed by atoms with Gasteiger partial charge in [-0.25, -0.2) is 9.97 Å². The van der Waals surface area contributed by atoms with Crippen LogP contribution in [-0.4, -0.2) is 35.6 Å². The topological polar surface area (TPSA) is 81.3 Å². The van der Waals surface area contributed by atoms with E-state index in [9.17, 15) is 4.79 Å². The van der Waals surface area contributed by atoms with Crippen molar-refractivity contribution >= 4 is 29.1 Å². The van der Waals surface area contributed by atoms with E-state index in [-0.39, 0.29) is 23.4 Å². The van der Waals surface area contributed by atoms with Crippen molar-refractivity contribution in [3.05, 3.63) is 11.5 Å². The van der Waals surface area contributed by atoms with E-state index >= 15 is 0 Å². The number of nitrogen functional groups attached to an aromatic ring is 1. The number of rotatable bonds is 5. The molecule has 0 saturated heterocycles. The van der Waals surface area contributed by atoms with Crippen molar-refractivity contribution in [1.82, 2.24) is 9.97 Å². The number of carbonyl (C=O) groups is 1. The van der Waals surface area contributed by atoms with Crippen LogP contribution in [0, 0.1) is 0 Å². The Morgan fingerprint density at radius 2 is 2.24 bits per heavy atom. The van der Waals surface area contributed by atoms with Crippen molar-refractivity contribution in [1.29, 1.82) is 0 Å². The highest BCUT2D eigenvalue weighted by Gasteiger charge is 2.16. The van der Waals surface area contributed by atoms with Crippen LogP contribution in [0.4, 0.5) is 11.5 Å². The number of halogens is 1. The summed E-state index contributed by atoms with van der Waals surface area (Å²) >= 11 is 5.79. The van der Waals surface area contributed by atoms with Gasteiger partial charge in [-0.15, -0.1) is 0 Å². The molecule has 1 rings (SSSR count). The zero-order valence-corrected chi connectivity index (χ0v) is 10.6. The van der Waals surface area contributed by atoms with Gasteiger partial charge < -0.3 is 15.4 Å². The van der Waals surface area contributed by atoms with Gasteiger partial charge in [0, 0.05) is 6.54 Å². The Bertz CT molecular complexity index is 400. The van der Waals surface area contributed by atoms with Crippen molar-refractivity contribution < 1.29 is 9.53 Å². The van der Waals surface area contributed by atoms with Gasteiger partial charge in [-0.1, -0.05) is 11.6 Å². The lowest BCUT2D eigenvalue weighted by molar-refractivity contribution is -0.141. The summed E-state index contributed by atoms with van der Waals surface area (Å²) in [6.45, 7) is 4.63. The summed E-state index contributed by atoms with van der Waals surface area (Å²) < 4.78 is 4.87. The molecule has 0 saturated carbocycles. The molecule has 0 bridgehead atoms. The average molecular weight is 259 g/mol. The molecule has 0 atom stereocenters. The molecule has 1 heterocycles. The minimum absolute atomic E-state index is 0.0852. The fraction of sp³-hybridized carbons (Fsp3) is 0.500. The number of hydrogen-bond donors (Lipinski definition) is 1. The third-order valence-electron chi connectivity index (χ3n) is 2.12. The normalized spacial score (nSPS) is 10.1. The summed E-state index contributed by atoms with van der Waals surface area (Å²) in [6.07, 6.45) is 1.31. The molecular formula is C10H15ClN4O2. The van der Waals surface area contributed by atoms with E-state index in [1.54, 1.807) is 11.8 Å². The number of hydrogen-bond acceptors (Lipinski definition) is 6. The Balaban J connectivity index is 2.86. The van der Waals surface area contributed by atoms with Gasteiger partial charge in [0.05, 0.1) is 6.61 Å². The van der Waals surface area contributed by atoms with Gasteiger partial charge in [-0.05, 0) is 13.8 Å². The molecule has 0 aromatic carbocycles. The first-order chi connectivity index (χ1) is 8.10. The van der Waals surface area contributed by atoms with Crippen molar-refractivity contribution in [2.75, 3.05) is 30.3 Å². The van der Waals surface area contributed by atoms with Crippen LogP contribution in [0.3, 0.4) is 0 Å². The van der Waals surface area contributed by atoms with Gasteiger partial charge in [0.2, 0.25) is 0 Å². The molecule has 0 spiro atoms. The van der Waals surface area contributed by atoms with Crippen LogP contribution in [0.25, 0.3) is 0 Å². The lowest BCUT2D eigenvalue weighted by atomic mass is 10.4. The number of aromatic nitrogens is 2. The molecule has 2 N–H and O–H groups in total. The second kappa shape index (κ2) is 6.24. The predicted molar refractivity (Wildman–Crippen MR) is 66.0 cm³/mol. The van der Waals surface area contributed by atoms with Crippen LogP contribution in [0.2, 0.25) is 5.15 Å². The fourth-order valence-corrected chi connectivity index (χ4v) is 1.44. The SMILES string of the molecule is CCOC(=O)CN(CC)c1ncnc(Cl)c1N. The van der Waals surface area contributed by atoms with E-state index in [4.69, 9.17) is 22.1 Å². The second-order valence-corrected chi connectivity index (χ2v) is 3.58. The van der Waals surface area contributed by atoms with Crippen molar-refractivity contribution in [3.63, 3.8) is 0 Å². The molecule has 94 valence electrons. The molecule has 1 aromatic rings. The predicted octanol–water partition coefficient (Wildman–Crippen LogP) is 1.10. The molecular weight excluding hydrogens is 244 g/mol. The summed E-state index contributed by atoms with van der Waals surface area (Å²) in [5.41, 5.74) is 6.02. The van der Waals surface area contributed by atoms with Gasteiger partial charge in [0.15, 0.2) is 11.0 Å². The molecule has 17 heavy (non-hydrogen) atoms. The molecule has 0 aliphatic carbocycles. The van der Waals surface area contributed by atoms with Crippen LogP contribution in [-0.2, 0) is 9.53 Å². The van der Waals surface area contributed by atoms with Crippen LogP contribution >= 0.6 is 11.6 Å². The lowest BCUT2D eigenvalue weighted by Gasteiger charge is -2.21. The Labute approximate surface area is 105 Å². The fourth-order valence-electron chi connectivity index (χ4n) is 1.32. The highest BCUT2D eigenvalue weighted by molar-refractivity contribution is 6.32. The molecule has 0 fully saturated rings. The van der Waals surface area contributed by atoms with E-state index in [1.165, 1.54) is 6.33 Å². The maximum Gasteiger partial charge on any atom is 0.325 e. The summed E-state index contributed by atoms with van der Waals surface area (Å²) in [5.74, 6) is 0.115. The average Bonchev–Trinajstić information content (AvgIpc) is 2.30. The number of ether oxygens (including phenoxy) is 1. The highest BCUT2D eigenvalue weighted by Crippen LogP contribution is 2.25. The Morgan fingerprint density at radius 1 is 1.53 bits per heavy atom. The summed E-state index contributed by atoms with van der Waals surface area (Å²) in [6, 6.07) is 0. The molecule has 1 aromatic heterocycles. The Morgan fingerprint density at radius 3 is 2.82 bits per heavy atom. The number of likely N-dealkylation sites (N-methyl/N-ethyl adjacent to an activating group) is 1. The zero-order chi connectivity index (χ0) is 12.8. The number of carbonyl (C=O) groups excluding carboxylic acids is 1. The molecule has 7 heteroatoms. The van der Waals surface area contributed by atoms with Crippen molar-refractivity contribution in [3.8, 4) is 0 Å². The summed E-state index contributed by atoms with van der Waals surface area (Å²) in [7, 11) is 0. The first-order valence-electron chi connectivity index (χ1n) is 5.26. The van der Waals surface area contributed by atoms with Crippen LogP contribution in [0.5, 0.6) is 0 Å². The molecule has 0 unspecified atom stereocenters. The third kappa shape index (κ3) is 3.45. The molecule has 6 nitrogen and oxygen atoms in total. The van der Waals surface area contributed by atoms with Crippen molar-refractivity contribution in [2.24, 2.45) is 0 Å². The Hall–Kier alpha value is -1.56. The van der Waals surface area contributed by atoms with Crippen LogP contribution in [0.1, 0.15) is 13.8 Å². The van der Waals surface area contributed by atoms with E-state index in [1.807, 2.05) is 6.92 Å². The zero-order valence-electron chi connectivity index (χ0n) is 9.81. The summed E-state index contributed by atoms with van der Waals surface area (Å²) in [4.78, 5) is 20.9. The first-order valence-corrected chi connectivity index (χ1v) is 5.64. The maximum atomic E-state index is 11.4. The van der Waals surface area contributed by atoms with E-state index < -0.39 is 0 Å². The third-order valence-corrected chi connectivity index (χ3v) is 2.42. The molecule has 0 amide bonds. The van der Waals surface area contributed by atoms with Crippen molar-refractivity contribution in [2.45, 2.75) is 13.8 Å². The summed E-state index contributed by atoms with van der Waals surface area (Å²) in [5, 5.41) is 0.178. The molecule has 0 aliphatic rings. The maximum absolute atomic E-state index is 11.4. The minimum atomic E-state index is -0.330. The van der Waals surface area contributed by atoms with E-state index in [2.05, 4.69) is 9.97 Å². The smallest absolute Gasteiger partial charge is 0.325 e. The van der Waals surface area contributed by atoms with Crippen LogP contribution < -0.4 is 10.6 Å². The first kappa shape index (κ1) is 13.5. The number of anilines is 2. The van der Waals surface area contributed by atoms with Crippen LogP contribution in [0.15, 0.2) is 6.33 Å². The largest absolute Gasteiger partial charge is 0.465 e. The molecule has 0 aliphatic heterocycles. The molecule has 0 radical (unpaired) electrons. The van der Waals surface area contributed by atoms with Gasteiger partial charge >= 0.3 is 5.97 Å².